The van der Waals surface area contributed by atoms with Crippen LogP contribution in [0.5, 0.6) is 0 Å². The lowest BCUT2D eigenvalue weighted by Gasteiger charge is -2.30. The molecule has 1 aliphatic heterocycles. The molecule has 6 nitrogen and oxygen atoms in total. The fourth-order valence-corrected chi connectivity index (χ4v) is 3.93. The highest BCUT2D eigenvalue weighted by atomic mass is 16.2. The normalized spacial score (nSPS) is 14.7. The van der Waals surface area contributed by atoms with E-state index in [1.165, 1.54) is 16.8 Å². The van der Waals surface area contributed by atoms with Gasteiger partial charge >= 0.3 is 0 Å². The number of aryl methyl sites for hydroxylation is 1. The minimum Gasteiger partial charge on any atom is -0.339 e. The smallest absolute Gasteiger partial charge is 0.274 e. The number of pyridine rings is 1. The maximum absolute atomic E-state index is 13.0. The van der Waals surface area contributed by atoms with Gasteiger partial charge in [-0.05, 0) is 41.7 Å². The van der Waals surface area contributed by atoms with Crippen LogP contribution in [0.4, 0.5) is 5.69 Å². The summed E-state index contributed by atoms with van der Waals surface area (Å²) < 4.78 is 1.35. The molecule has 2 aromatic carbocycles. The van der Waals surface area contributed by atoms with Crippen LogP contribution in [0.25, 0.3) is 10.8 Å². The van der Waals surface area contributed by atoms with Gasteiger partial charge in [-0.1, -0.05) is 43.3 Å². The zero-order valence-corrected chi connectivity index (χ0v) is 17.2. The minimum atomic E-state index is -0.375. The third kappa shape index (κ3) is 3.85. The van der Waals surface area contributed by atoms with Crippen molar-refractivity contribution in [1.82, 2.24) is 9.47 Å². The molecule has 1 N–H and O–H groups in total. The Bertz CT molecular complexity index is 1170. The third-order valence-corrected chi connectivity index (χ3v) is 5.78. The van der Waals surface area contributed by atoms with Crippen LogP contribution in [0.15, 0.2) is 59.5 Å². The van der Waals surface area contributed by atoms with Crippen molar-refractivity contribution in [3.8, 4) is 0 Å². The number of carbonyl (C=O) groups excluding carboxylic acids is 2. The van der Waals surface area contributed by atoms with Crippen LogP contribution in [-0.4, -0.2) is 34.4 Å². The first-order valence-electron chi connectivity index (χ1n) is 10.2. The summed E-state index contributed by atoms with van der Waals surface area (Å²) in [5.41, 5.74) is 0.635. The van der Waals surface area contributed by atoms with Gasteiger partial charge in [0, 0.05) is 31.9 Å². The third-order valence-electron chi connectivity index (χ3n) is 5.78. The molecule has 3 aromatic rings. The predicted octanol–water partition coefficient (Wildman–Crippen LogP) is 3.66. The fraction of sp³-hybridized carbons (Fsp3) is 0.292. The van der Waals surface area contributed by atoms with E-state index in [2.05, 4.69) is 12.2 Å². The van der Waals surface area contributed by atoms with Gasteiger partial charge in [-0.15, -0.1) is 0 Å². The highest BCUT2D eigenvalue weighted by Crippen LogP contribution is 2.21. The highest BCUT2D eigenvalue weighted by molar-refractivity contribution is 6.13. The van der Waals surface area contributed by atoms with Gasteiger partial charge in [0.25, 0.3) is 17.4 Å². The Morgan fingerprint density at radius 1 is 1.03 bits per heavy atom. The van der Waals surface area contributed by atoms with Crippen molar-refractivity contribution in [3.63, 3.8) is 0 Å². The quantitative estimate of drug-likeness (QED) is 0.725. The number of nitrogens with one attached hydrogen (secondary N) is 1. The van der Waals surface area contributed by atoms with Gasteiger partial charge in [0.2, 0.25) is 0 Å². The van der Waals surface area contributed by atoms with Crippen molar-refractivity contribution >= 4 is 28.3 Å². The molecule has 1 aromatic heterocycles. The second kappa shape index (κ2) is 8.14. The summed E-state index contributed by atoms with van der Waals surface area (Å²) in [6.45, 7) is 3.61. The van der Waals surface area contributed by atoms with E-state index >= 15 is 0 Å². The van der Waals surface area contributed by atoms with Crippen molar-refractivity contribution in [3.05, 3.63) is 76.2 Å². The van der Waals surface area contributed by atoms with Gasteiger partial charge in [0.15, 0.2) is 0 Å². The average molecular weight is 403 g/mol. The van der Waals surface area contributed by atoms with Gasteiger partial charge in [-0.25, -0.2) is 0 Å². The van der Waals surface area contributed by atoms with Gasteiger partial charge in [0.05, 0.1) is 5.56 Å². The number of piperidine rings is 1. The van der Waals surface area contributed by atoms with Crippen LogP contribution in [-0.2, 0) is 7.05 Å². The average Bonchev–Trinajstić information content (AvgIpc) is 2.76. The Kier molecular flexibility index (Phi) is 5.40. The van der Waals surface area contributed by atoms with Crippen LogP contribution >= 0.6 is 0 Å². The van der Waals surface area contributed by atoms with E-state index in [0.717, 1.165) is 23.6 Å². The SMILES string of the molecule is CC1CCN(C(=O)c2cc(NC(=O)c3cccc4ccccc34)c(=O)n(C)c2)CC1. The number of fused-ring (bicyclic) bond motifs is 1. The predicted molar refractivity (Wildman–Crippen MR) is 118 cm³/mol. The van der Waals surface area contributed by atoms with E-state index < -0.39 is 0 Å². The van der Waals surface area contributed by atoms with Crippen molar-refractivity contribution in [2.24, 2.45) is 13.0 Å². The number of nitrogens with zero attached hydrogens (tertiary/aromatic N) is 2. The lowest BCUT2D eigenvalue weighted by atomic mass is 9.99. The molecule has 0 bridgehead atoms. The molecule has 0 radical (unpaired) electrons. The molecule has 6 heteroatoms. The Labute approximate surface area is 175 Å². The summed E-state index contributed by atoms with van der Waals surface area (Å²) in [6.07, 6.45) is 3.49. The molecule has 1 saturated heterocycles. The van der Waals surface area contributed by atoms with Crippen LogP contribution in [0.3, 0.4) is 0 Å². The molecule has 0 atom stereocenters. The van der Waals surface area contributed by atoms with Crippen molar-refractivity contribution < 1.29 is 9.59 Å². The molecular weight excluding hydrogens is 378 g/mol. The summed E-state index contributed by atoms with van der Waals surface area (Å²) in [5.74, 6) is 0.128. The molecule has 1 fully saturated rings. The van der Waals surface area contributed by atoms with Crippen molar-refractivity contribution in [2.75, 3.05) is 18.4 Å². The summed E-state index contributed by atoms with van der Waals surface area (Å²) in [5, 5.41) is 4.48. The second-order valence-corrected chi connectivity index (χ2v) is 8.01. The number of hydrogen-bond acceptors (Lipinski definition) is 3. The molecule has 2 amide bonds. The lowest BCUT2D eigenvalue weighted by molar-refractivity contribution is 0.0696. The number of rotatable bonds is 3. The van der Waals surface area contributed by atoms with E-state index in [4.69, 9.17) is 0 Å². The summed E-state index contributed by atoms with van der Waals surface area (Å²) >= 11 is 0. The standard InChI is InChI=1S/C24H25N3O3/c1-16-10-12-27(13-11-16)23(29)18-14-21(24(30)26(2)15-18)25-22(28)20-9-5-7-17-6-3-4-8-19(17)20/h3-9,14-16H,10-13H2,1-2H3,(H,25,28). The summed E-state index contributed by atoms with van der Waals surface area (Å²) in [4.78, 5) is 40.3. The molecule has 0 spiro atoms. The van der Waals surface area contributed by atoms with Gasteiger partial charge in [-0.3, -0.25) is 14.4 Å². The Hall–Kier alpha value is -3.41. The monoisotopic (exact) mass is 403 g/mol. The molecule has 1 aliphatic rings. The van der Waals surface area contributed by atoms with E-state index in [9.17, 15) is 14.4 Å². The summed E-state index contributed by atoms with van der Waals surface area (Å²) in [6, 6.07) is 14.6. The number of hydrogen-bond donors (Lipinski definition) is 1. The van der Waals surface area contributed by atoms with Crippen LogP contribution < -0.4 is 10.9 Å². The molecule has 0 saturated carbocycles. The Balaban J connectivity index is 1.63. The number of carbonyl (C=O) groups is 2. The van der Waals surface area contributed by atoms with Crippen molar-refractivity contribution in [1.29, 1.82) is 0 Å². The maximum Gasteiger partial charge on any atom is 0.274 e. The van der Waals surface area contributed by atoms with Crippen LogP contribution in [0.2, 0.25) is 0 Å². The Morgan fingerprint density at radius 2 is 1.73 bits per heavy atom. The fourth-order valence-electron chi connectivity index (χ4n) is 3.93. The van der Waals surface area contributed by atoms with Gasteiger partial charge < -0.3 is 14.8 Å². The van der Waals surface area contributed by atoms with Crippen molar-refractivity contribution in [2.45, 2.75) is 19.8 Å². The van der Waals surface area contributed by atoms with Crippen LogP contribution in [0.1, 0.15) is 40.5 Å². The van der Waals surface area contributed by atoms with E-state index in [-0.39, 0.29) is 23.1 Å². The number of anilines is 1. The number of benzene rings is 2. The lowest BCUT2D eigenvalue weighted by Crippen LogP contribution is -2.38. The second-order valence-electron chi connectivity index (χ2n) is 8.01. The van der Waals surface area contributed by atoms with E-state index in [1.807, 2.05) is 41.3 Å². The summed E-state index contributed by atoms with van der Waals surface area (Å²) in [7, 11) is 1.59. The molecule has 0 aliphatic carbocycles. The molecule has 30 heavy (non-hydrogen) atoms. The first-order valence-corrected chi connectivity index (χ1v) is 10.2. The van der Waals surface area contributed by atoms with Crippen LogP contribution in [0, 0.1) is 5.92 Å². The zero-order valence-electron chi connectivity index (χ0n) is 17.2. The number of aromatic nitrogens is 1. The number of likely N-dealkylation sites (tertiary alicyclic amines) is 1. The Morgan fingerprint density at radius 3 is 2.50 bits per heavy atom. The molecular formula is C24H25N3O3. The first-order chi connectivity index (χ1) is 14.4. The topological polar surface area (TPSA) is 71.4 Å². The van der Waals surface area contributed by atoms with Gasteiger partial charge in [-0.2, -0.15) is 0 Å². The molecule has 154 valence electrons. The maximum atomic E-state index is 13.0. The molecule has 4 rings (SSSR count). The first kappa shape index (κ1) is 19.9. The zero-order chi connectivity index (χ0) is 21.3. The van der Waals surface area contributed by atoms with E-state index in [0.29, 0.717) is 30.1 Å². The minimum absolute atomic E-state index is 0.103. The molecule has 0 unspecified atom stereocenters. The largest absolute Gasteiger partial charge is 0.339 e. The number of amides is 2. The highest BCUT2D eigenvalue weighted by Gasteiger charge is 2.23. The van der Waals surface area contributed by atoms with Gasteiger partial charge in [0.1, 0.15) is 5.69 Å². The molecule has 2 heterocycles. The van der Waals surface area contributed by atoms with E-state index in [1.54, 1.807) is 13.1 Å².